The number of nitrogens with zero attached hydrogens (tertiary/aromatic N) is 4. The maximum Gasteiger partial charge on any atom is 0.328 e. The summed E-state index contributed by atoms with van der Waals surface area (Å²) in [7, 11) is 1.81. The van der Waals surface area contributed by atoms with Crippen LogP contribution in [-0.4, -0.2) is 36.5 Å². The lowest BCUT2D eigenvalue weighted by Crippen LogP contribution is -2.31. The van der Waals surface area contributed by atoms with E-state index >= 15 is 0 Å². The van der Waals surface area contributed by atoms with Gasteiger partial charge in [-0.25, -0.2) is 9.48 Å². The monoisotopic (exact) mass is 305 g/mol. The SMILES string of the molecule is Cc1nn(C)cc1C(C)NC(=O)c1ccnn1C(C)C(=O)O. The zero-order valence-corrected chi connectivity index (χ0v) is 12.9. The van der Waals surface area contributed by atoms with Gasteiger partial charge in [0.15, 0.2) is 0 Å². The molecule has 118 valence electrons. The molecule has 8 heteroatoms. The number of carbonyl (C=O) groups excluding carboxylic acids is 1. The van der Waals surface area contributed by atoms with E-state index in [2.05, 4.69) is 15.5 Å². The van der Waals surface area contributed by atoms with Gasteiger partial charge in [-0.2, -0.15) is 10.2 Å². The maximum absolute atomic E-state index is 12.4. The molecule has 0 radical (unpaired) electrons. The summed E-state index contributed by atoms with van der Waals surface area (Å²) >= 11 is 0. The van der Waals surface area contributed by atoms with Crippen molar-refractivity contribution in [3.8, 4) is 0 Å². The number of hydrogen-bond donors (Lipinski definition) is 2. The highest BCUT2D eigenvalue weighted by atomic mass is 16.4. The Labute approximate surface area is 127 Å². The van der Waals surface area contributed by atoms with Gasteiger partial charge in [0.2, 0.25) is 0 Å². The van der Waals surface area contributed by atoms with E-state index in [-0.39, 0.29) is 17.6 Å². The third-order valence-electron chi connectivity index (χ3n) is 3.49. The largest absolute Gasteiger partial charge is 0.480 e. The summed E-state index contributed by atoms with van der Waals surface area (Å²) in [4.78, 5) is 23.4. The number of carboxylic acid groups (broad SMARTS) is 1. The molecule has 0 aromatic carbocycles. The normalized spacial score (nSPS) is 13.6. The molecule has 1 amide bonds. The molecule has 0 fully saturated rings. The van der Waals surface area contributed by atoms with E-state index < -0.39 is 12.0 Å². The van der Waals surface area contributed by atoms with Gasteiger partial charge in [0.05, 0.1) is 11.7 Å². The molecule has 0 saturated heterocycles. The molecule has 0 aliphatic rings. The highest BCUT2D eigenvalue weighted by Crippen LogP contribution is 2.17. The van der Waals surface area contributed by atoms with Crippen LogP contribution in [0.1, 0.15) is 47.7 Å². The predicted octanol–water partition coefficient (Wildman–Crippen LogP) is 1.06. The molecule has 2 aromatic rings. The van der Waals surface area contributed by atoms with E-state index in [0.717, 1.165) is 11.3 Å². The molecule has 22 heavy (non-hydrogen) atoms. The van der Waals surface area contributed by atoms with Crippen molar-refractivity contribution in [3.63, 3.8) is 0 Å². The second-order valence-corrected chi connectivity index (χ2v) is 5.21. The van der Waals surface area contributed by atoms with Crippen molar-refractivity contribution in [1.29, 1.82) is 0 Å². The Kier molecular flexibility index (Phi) is 4.30. The van der Waals surface area contributed by atoms with Crippen LogP contribution in [0.5, 0.6) is 0 Å². The number of aliphatic carboxylic acids is 1. The first-order valence-electron chi connectivity index (χ1n) is 6.88. The molecular weight excluding hydrogens is 286 g/mol. The first kappa shape index (κ1) is 15.7. The summed E-state index contributed by atoms with van der Waals surface area (Å²) in [5.41, 5.74) is 1.96. The molecule has 2 heterocycles. The van der Waals surface area contributed by atoms with Crippen LogP contribution in [0.3, 0.4) is 0 Å². The number of carbonyl (C=O) groups is 2. The summed E-state index contributed by atoms with van der Waals surface area (Å²) in [6.07, 6.45) is 3.26. The standard InChI is InChI=1S/C14H19N5O3/c1-8(11-7-18(4)17-9(11)2)16-13(20)12-5-6-15-19(12)10(3)14(21)22/h5-8,10H,1-4H3,(H,16,20)(H,21,22). The third kappa shape index (κ3) is 3.00. The lowest BCUT2D eigenvalue weighted by molar-refractivity contribution is -0.140. The van der Waals surface area contributed by atoms with Gasteiger partial charge in [0, 0.05) is 25.0 Å². The number of aryl methyl sites for hydroxylation is 2. The average Bonchev–Trinajstić information content (AvgIpc) is 3.04. The molecule has 2 unspecified atom stereocenters. The zero-order chi connectivity index (χ0) is 16.4. The summed E-state index contributed by atoms with van der Waals surface area (Å²) < 4.78 is 2.88. The van der Waals surface area contributed by atoms with Gasteiger partial charge >= 0.3 is 5.97 Å². The van der Waals surface area contributed by atoms with Crippen LogP contribution in [-0.2, 0) is 11.8 Å². The van der Waals surface area contributed by atoms with Gasteiger partial charge in [-0.1, -0.05) is 0 Å². The minimum Gasteiger partial charge on any atom is -0.480 e. The topological polar surface area (TPSA) is 102 Å². The summed E-state index contributed by atoms with van der Waals surface area (Å²) in [6, 6.07) is 0.341. The Morgan fingerprint density at radius 1 is 1.36 bits per heavy atom. The van der Waals surface area contributed by atoms with Crippen LogP contribution in [0.15, 0.2) is 18.5 Å². The Bertz CT molecular complexity index is 703. The zero-order valence-electron chi connectivity index (χ0n) is 12.9. The minimum atomic E-state index is -1.05. The molecule has 0 aliphatic heterocycles. The number of hydrogen-bond acceptors (Lipinski definition) is 4. The van der Waals surface area contributed by atoms with Crippen LogP contribution < -0.4 is 5.32 Å². The van der Waals surface area contributed by atoms with Gasteiger partial charge in [-0.05, 0) is 26.8 Å². The molecule has 2 aromatic heterocycles. The van der Waals surface area contributed by atoms with E-state index in [1.54, 1.807) is 4.68 Å². The molecule has 2 atom stereocenters. The molecule has 2 rings (SSSR count). The minimum absolute atomic E-state index is 0.211. The highest BCUT2D eigenvalue weighted by Gasteiger charge is 2.22. The van der Waals surface area contributed by atoms with E-state index in [1.165, 1.54) is 23.9 Å². The van der Waals surface area contributed by atoms with Crippen molar-refractivity contribution in [2.75, 3.05) is 0 Å². The van der Waals surface area contributed by atoms with Gasteiger partial charge in [0.1, 0.15) is 11.7 Å². The van der Waals surface area contributed by atoms with Crippen LogP contribution in [0.25, 0.3) is 0 Å². The third-order valence-corrected chi connectivity index (χ3v) is 3.49. The Morgan fingerprint density at radius 3 is 2.59 bits per heavy atom. The van der Waals surface area contributed by atoms with Crippen LogP contribution in [0.4, 0.5) is 0 Å². The smallest absolute Gasteiger partial charge is 0.328 e. The fourth-order valence-corrected chi connectivity index (χ4v) is 2.30. The predicted molar refractivity (Wildman–Crippen MR) is 78.4 cm³/mol. The summed E-state index contributed by atoms with van der Waals surface area (Å²) in [5, 5.41) is 20.1. The van der Waals surface area contributed by atoms with Crippen LogP contribution >= 0.6 is 0 Å². The molecule has 2 N–H and O–H groups in total. The quantitative estimate of drug-likeness (QED) is 0.860. The average molecular weight is 305 g/mol. The molecule has 0 spiro atoms. The Balaban J connectivity index is 2.18. The van der Waals surface area contributed by atoms with Crippen molar-refractivity contribution in [2.45, 2.75) is 32.9 Å². The van der Waals surface area contributed by atoms with Crippen molar-refractivity contribution >= 4 is 11.9 Å². The van der Waals surface area contributed by atoms with E-state index in [4.69, 9.17) is 5.11 Å². The molecule has 0 bridgehead atoms. The van der Waals surface area contributed by atoms with Gasteiger partial charge in [0.25, 0.3) is 5.91 Å². The van der Waals surface area contributed by atoms with Gasteiger partial charge in [-0.15, -0.1) is 0 Å². The maximum atomic E-state index is 12.4. The first-order chi connectivity index (χ1) is 10.3. The van der Waals surface area contributed by atoms with E-state index in [1.807, 2.05) is 27.1 Å². The van der Waals surface area contributed by atoms with Crippen molar-refractivity contribution in [2.24, 2.45) is 7.05 Å². The number of nitrogens with one attached hydrogen (secondary N) is 1. The summed E-state index contributed by atoms with van der Waals surface area (Å²) in [5.74, 6) is -1.42. The molecule has 0 saturated carbocycles. The highest BCUT2D eigenvalue weighted by molar-refractivity contribution is 5.93. The fraction of sp³-hybridized carbons (Fsp3) is 0.429. The van der Waals surface area contributed by atoms with E-state index in [9.17, 15) is 9.59 Å². The Morgan fingerprint density at radius 2 is 2.05 bits per heavy atom. The number of aromatic nitrogens is 4. The van der Waals surface area contributed by atoms with E-state index in [0.29, 0.717) is 0 Å². The van der Waals surface area contributed by atoms with Crippen molar-refractivity contribution < 1.29 is 14.7 Å². The lowest BCUT2D eigenvalue weighted by atomic mass is 10.1. The second-order valence-electron chi connectivity index (χ2n) is 5.21. The lowest BCUT2D eigenvalue weighted by Gasteiger charge is -2.15. The van der Waals surface area contributed by atoms with Crippen LogP contribution in [0.2, 0.25) is 0 Å². The number of rotatable bonds is 5. The summed E-state index contributed by atoms with van der Waals surface area (Å²) in [6.45, 7) is 5.19. The first-order valence-corrected chi connectivity index (χ1v) is 6.88. The molecular formula is C14H19N5O3. The van der Waals surface area contributed by atoms with Crippen molar-refractivity contribution in [3.05, 3.63) is 35.4 Å². The molecule has 8 nitrogen and oxygen atoms in total. The number of amides is 1. The van der Waals surface area contributed by atoms with Gasteiger partial charge < -0.3 is 10.4 Å². The van der Waals surface area contributed by atoms with Crippen molar-refractivity contribution in [1.82, 2.24) is 24.9 Å². The number of carboxylic acids is 1. The Hall–Kier alpha value is -2.64. The van der Waals surface area contributed by atoms with Gasteiger partial charge in [-0.3, -0.25) is 9.48 Å². The fourth-order valence-electron chi connectivity index (χ4n) is 2.30. The van der Waals surface area contributed by atoms with Crippen LogP contribution in [0, 0.1) is 6.92 Å². The molecule has 0 aliphatic carbocycles. The second kappa shape index (κ2) is 6.00.